The molecule has 1 aliphatic rings. The largest absolute Gasteiger partial charge is 0.378 e. The van der Waals surface area contributed by atoms with E-state index in [1.165, 1.54) is 6.07 Å². The highest BCUT2D eigenvalue weighted by atomic mass is 35.5. The summed E-state index contributed by atoms with van der Waals surface area (Å²) >= 11 is 5.69. The third-order valence-corrected chi connectivity index (χ3v) is 3.52. The van der Waals surface area contributed by atoms with Gasteiger partial charge in [0.15, 0.2) is 0 Å². The lowest BCUT2D eigenvalue weighted by atomic mass is 10.1. The van der Waals surface area contributed by atoms with Gasteiger partial charge in [-0.15, -0.1) is 0 Å². The molecule has 1 aromatic heterocycles. The van der Waals surface area contributed by atoms with Gasteiger partial charge in [-0.25, -0.2) is 4.98 Å². The molecule has 2 rings (SSSR count). The fourth-order valence-electron chi connectivity index (χ4n) is 2.23. The molecule has 21 heavy (non-hydrogen) atoms. The van der Waals surface area contributed by atoms with Gasteiger partial charge in [0.2, 0.25) is 0 Å². The van der Waals surface area contributed by atoms with Crippen molar-refractivity contribution in [3.8, 4) is 0 Å². The van der Waals surface area contributed by atoms with Crippen LogP contribution < -0.4 is 5.32 Å². The fraction of sp³-hybridized carbons (Fsp3) is 0.538. The highest BCUT2D eigenvalue weighted by Gasteiger charge is 2.21. The molecule has 0 saturated carbocycles. The van der Waals surface area contributed by atoms with Crippen LogP contribution in [0.25, 0.3) is 0 Å². The van der Waals surface area contributed by atoms with Gasteiger partial charge in [-0.05, 0) is 31.7 Å². The summed E-state index contributed by atoms with van der Waals surface area (Å²) in [6, 6.07) is 1.20. The molecule has 0 radical (unpaired) electrons. The number of nitro groups is 1. The van der Waals surface area contributed by atoms with Crippen LogP contribution >= 0.6 is 11.6 Å². The first-order valence-electron chi connectivity index (χ1n) is 6.77. The summed E-state index contributed by atoms with van der Waals surface area (Å²) in [4.78, 5) is 25.9. The van der Waals surface area contributed by atoms with Crippen molar-refractivity contribution in [1.82, 2.24) is 10.3 Å². The number of rotatable bonds is 5. The molecule has 1 saturated heterocycles. The molecule has 1 fully saturated rings. The lowest BCUT2D eigenvalue weighted by Gasteiger charge is -2.22. The number of amides is 1. The van der Waals surface area contributed by atoms with Gasteiger partial charge in [0, 0.05) is 13.2 Å². The number of ether oxygens (including phenoxy) is 1. The zero-order valence-corrected chi connectivity index (χ0v) is 12.1. The van der Waals surface area contributed by atoms with Gasteiger partial charge < -0.3 is 10.1 Å². The molecule has 0 aromatic carbocycles. The van der Waals surface area contributed by atoms with Crippen LogP contribution in [0, 0.1) is 10.1 Å². The summed E-state index contributed by atoms with van der Waals surface area (Å²) in [5.74, 6) is -0.526. The van der Waals surface area contributed by atoms with Gasteiger partial charge in [0.1, 0.15) is 16.9 Å². The standard InChI is InChI=1S/C13H16ClN3O4/c14-12-7-10(11(8-16-12)17(19)20)13(18)15-5-4-9-3-1-2-6-21-9/h7-9H,1-6H2,(H,15,18). The van der Waals surface area contributed by atoms with Crippen molar-refractivity contribution < 1.29 is 14.5 Å². The number of carbonyl (C=O) groups excluding carboxylic acids is 1. The molecule has 1 aromatic rings. The van der Waals surface area contributed by atoms with Gasteiger partial charge in [0.05, 0.1) is 11.0 Å². The zero-order valence-electron chi connectivity index (χ0n) is 11.4. The van der Waals surface area contributed by atoms with Crippen molar-refractivity contribution >= 4 is 23.2 Å². The Hall–Kier alpha value is -1.73. The number of pyridine rings is 1. The Kier molecular flexibility index (Phi) is 5.46. The summed E-state index contributed by atoms with van der Waals surface area (Å²) in [5, 5.41) is 13.6. The number of aromatic nitrogens is 1. The first-order valence-corrected chi connectivity index (χ1v) is 7.15. The van der Waals surface area contributed by atoms with E-state index in [2.05, 4.69) is 10.3 Å². The highest BCUT2D eigenvalue weighted by molar-refractivity contribution is 6.29. The summed E-state index contributed by atoms with van der Waals surface area (Å²) in [6.45, 7) is 1.16. The molecular formula is C13H16ClN3O4. The Bertz CT molecular complexity index is 532. The molecule has 1 atom stereocenters. The average molecular weight is 314 g/mol. The molecule has 0 bridgehead atoms. The number of hydrogen-bond acceptors (Lipinski definition) is 5. The molecule has 1 unspecified atom stereocenters. The molecule has 2 heterocycles. The lowest BCUT2D eigenvalue weighted by Crippen LogP contribution is -2.29. The molecule has 1 aliphatic heterocycles. The normalized spacial score (nSPS) is 18.2. The summed E-state index contributed by atoms with van der Waals surface area (Å²) in [6.07, 6.45) is 5.01. The van der Waals surface area contributed by atoms with Crippen LogP contribution in [0.1, 0.15) is 36.0 Å². The van der Waals surface area contributed by atoms with Gasteiger partial charge in [-0.1, -0.05) is 11.6 Å². The number of nitrogens with one attached hydrogen (secondary N) is 1. The van der Waals surface area contributed by atoms with Crippen molar-refractivity contribution in [3.63, 3.8) is 0 Å². The van der Waals surface area contributed by atoms with Crippen LogP contribution in [0.15, 0.2) is 12.3 Å². The van der Waals surface area contributed by atoms with Gasteiger partial charge in [-0.2, -0.15) is 0 Å². The topological polar surface area (TPSA) is 94.4 Å². The zero-order chi connectivity index (χ0) is 15.2. The van der Waals surface area contributed by atoms with Crippen molar-refractivity contribution in [2.75, 3.05) is 13.2 Å². The van der Waals surface area contributed by atoms with Crippen molar-refractivity contribution in [2.45, 2.75) is 31.8 Å². The van der Waals surface area contributed by atoms with E-state index < -0.39 is 10.8 Å². The molecular weight excluding hydrogens is 298 g/mol. The van der Waals surface area contributed by atoms with E-state index in [0.29, 0.717) is 13.0 Å². The second-order valence-electron chi connectivity index (χ2n) is 4.81. The van der Waals surface area contributed by atoms with Crippen LogP contribution in [-0.4, -0.2) is 35.1 Å². The van der Waals surface area contributed by atoms with E-state index in [0.717, 1.165) is 32.1 Å². The van der Waals surface area contributed by atoms with Crippen molar-refractivity contribution in [2.24, 2.45) is 0 Å². The van der Waals surface area contributed by atoms with Crippen LogP contribution in [0.3, 0.4) is 0 Å². The number of nitrogens with zero attached hydrogens (tertiary/aromatic N) is 2. The Morgan fingerprint density at radius 3 is 3.05 bits per heavy atom. The Balaban J connectivity index is 1.93. The van der Waals surface area contributed by atoms with E-state index in [4.69, 9.17) is 16.3 Å². The highest BCUT2D eigenvalue weighted by Crippen LogP contribution is 2.20. The molecule has 1 N–H and O–H groups in total. The molecule has 0 spiro atoms. The maximum atomic E-state index is 12.0. The summed E-state index contributed by atoms with van der Waals surface area (Å²) in [7, 11) is 0. The molecule has 1 amide bonds. The number of hydrogen-bond donors (Lipinski definition) is 1. The van der Waals surface area contributed by atoms with Crippen LogP contribution in [0.4, 0.5) is 5.69 Å². The predicted octanol–water partition coefficient (Wildman–Crippen LogP) is 2.33. The van der Waals surface area contributed by atoms with E-state index in [-0.39, 0.29) is 22.5 Å². The molecule has 7 nitrogen and oxygen atoms in total. The van der Waals surface area contributed by atoms with Crippen LogP contribution in [0.2, 0.25) is 5.15 Å². The maximum absolute atomic E-state index is 12.0. The smallest absolute Gasteiger partial charge is 0.300 e. The van der Waals surface area contributed by atoms with E-state index in [1.807, 2.05) is 0 Å². The van der Waals surface area contributed by atoms with E-state index in [9.17, 15) is 14.9 Å². The lowest BCUT2D eigenvalue weighted by molar-refractivity contribution is -0.385. The summed E-state index contributed by atoms with van der Waals surface area (Å²) in [5.41, 5.74) is -0.435. The first kappa shape index (κ1) is 15.7. The third-order valence-electron chi connectivity index (χ3n) is 3.32. The minimum Gasteiger partial charge on any atom is -0.378 e. The second kappa shape index (κ2) is 7.33. The number of carbonyl (C=O) groups is 1. The Morgan fingerprint density at radius 2 is 2.38 bits per heavy atom. The third kappa shape index (κ3) is 4.37. The minimum atomic E-state index is -0.650. The van der Waals surface area contributed by atoms with Crippen LogP contribution in [0.5, 0.6) is 0 Å². The minimum absolute atomic E-state index is 0.0429. The van der Waals surface area contributed by atoms with Gasteiger partial charge >= 0.3 is 0 Å². The fourth-order valence-corrected chi connectivity index (χ4v) is 2.38. The molecule has 114 valence electrons. The van der Waals surface area contributed by atoms with Gasteiger partial charge in [0.25, 0.3) is 11.6 Å². The Morgan fingerprint density at radius 1 is 1.57 bits per heavy atom. The summed E-state index contributed by atoms with van der Waals surface area (Å²) < 4.78 is 5.56. The van der Waals surface area contributed by atoms with Gasteiger partial charge in [-0.3, -0.25) is 14.9 Å². The van der Waals surface area contributed by atoms with Crippen molar-refractivity contribution in [3.05, 3.63) is 33.1 Å². The van der Waals surface area contributed by atoms with Crippen molar-refractivity contribution in [1.29, 1.82) is 0 Å². The second-order valence-corrected chi connectivity index (χ2v) is 5.20. The number of halogens is 1. The molecule has 8 heteroatoms. The Labute approximate surface area is 126 Å². The quantitative estimate of drug-likeness (QED) is 0.511. The maximum Gasteiger partial charge on any atom is 0.300 e. The first-order chi connectivity index (χ1) is 10.1. The predicted molar refractivity (Wildman–Crippen MR) is 76.4 cm³/mol. The SMILES string of the molecule is O=C(NCCC1CCCCO1)c1cc(Cl)ncc1[N+](=O)[O-]. The molecule has 0 aliphatic carbocycles. The van der Waals surface area contributed by atoms with E-state index in [1.54, 1.807) is 0 Å². The average Bonchev–Trinajstić information content (AvgIpc) is 2.47. The van der Waals surface area contributed by atoms with E-state index >= 15 is 0 Å². The van der Waals surface area contributed by atoms with Crippen LogP contribution in [-0.2, 0) is 4.74 Å². The monoisotopic (exact) mass is 313 g/mol.